The fraction of sp³-hybridized carbons (Fsp3) is 0.182. The Morgan fingerprint density at radius 2 is 1.73 bits per heavy atom. The van der Waals surface area contributed by atoms with Crippen LogP contribution in [0.25, 0.3) is 11.1 Å². The van der Waals surface area contributed by atoms with Crippen LogP contribution in [0.3, 0.4) is 0 Å². The third kappa shape index (κ3) is 5.78. The molecule has 0 radical (unpaired) electrons. The summed E-state index contributed by atoms with van der Waals surface area (Å²) < 4.78 is 5.25. The summed E-state index contributed by atoms with van der Waals surface area (Å²) in [6.45, 7) is 5.51. The van der Waals surface area contributed by atoms with Gasteiger partial charge in [0.25, 0.3) is 5.69 Å². The molecular formula is C22H22N4O4. The fourth-order valence-corrected chi connectivity index (χ4v) is 2.72. The highest BCUT2D eigenvalue weighted by atomic mass is 16.6. The molecule has 1 heterocycles. The maximum absolute atomic E-state index is 12.0. The lowest BCUT2D eigenvalue weighted by Crippen LogP contribution is -2.42. The van der Waals surface area contributed by atoms with Crippen molar-refractivity contribution in [2.24, 2.45) is 0 Å². The van der Waals surface area contributed by atoms with Crippen molar-refractivity contribution >= 4 is 23.2 Å². The second kappa shape index (κ2) is 8.60. The molecular weight excluding hydrogens is 384 g/mol. The molecule has 0 saturated heterocycles. The smallest absolute Gasteiger partial charge is 0.391 e. The molecule has 30 heavy (non-hydrogen) atoms. The Labute approximate surface area is 174 Å². The highest BCUT2D eigenvalue weighted by Gasteiger charge is 2.17. The lowest BCUT2D eigenvalue weighted by molar-refractivity contribution is -0.384. The third-order valence-electron chi connectivity index (χ3n) is 3.93. The van der Waals surface area contributed by atoms with Crippen molar-refractivity contribution in [1.82, 2.24) is 10.3 Å². The van der Waals surface area contributed by atoms with E-state index in [1.165, 1.54) is 18.3 Å². The summed E-state index contributed by atoms with van der Waals surface area (Å²) >= 11 is 0. The first-order valence-electron chi connectivity index (χ1n) is 9.28. The predicted molar refractivity (Wildman–Crippen MR) is 115 cm³/mol. The highest BCUT2D eigenvalue weighted by molar-refractivity contribution is 5.76. The number of ether oxygens (including phenoxy) is 1. The number of benzene rings is 2. The van der Waals surface area contributed by atoms with Gasteiger partial charge in [0.2, 0.25) is 5.88 Å². The quantitative estimate of drug-likeness (QED) is 0.441. The van der Waals surface area contributed by atoms with E-state index in [9.17, 15) is 14.9 Å². The number of pyridine rings is 1. The number of nitro benzene ring substituents is 1. The topological polar surface area (TPSA) is 106 Å². The molecule has 3 rings (SSSR count). The van der Waals surface area contributed by atoms with E-state index in [0.29, 0.717) is 16.8 Å². The number of anilines is 2. The van der Waals surface area contributed by atoms with Crippen molar-refractivity contribution in [2.45, 2.75) is 26.3 Å². The van der Waals surface area contributed by atoms with E-state index >= 15 is 0 Å². The van der Waals surface area contributed by atoms with E-state index in [1.807, 2.05) is 51.1 Å². The maximum Gasteiger partial charge on any atom is 0.414 e. The van der Waals surface area contributed by atoms with Gasteiger partial charge in [-0.3, -0.25) is 10.1 Å². The van der Waals surface area contributed by atoms with Crippen LogP contribution in [0.4, 0.5) is 21.9 Å². The number of carbonyl (C=O) groups excluding carboxylic acids is 1. The summed E-state index contributed by atoms with van der Waals surface area (Å²) in [4.78, 5) is 27.0. The lowest BCUT2D eigenvalue weighted by atomic mass is 10.1. The molecule has 3 aromatic rings. The van der Waals surface area contributed by atoms with Crippen molar-refractivity contribution in [3.63, 3.8) is 0 Å². The molecule has 1 amide bonds. The molecule has 8 nitrogen and oxygen atoms in total. The maximum atomic E-state index is 12.0. The average Bonchev–Trinajstić information content (AvgIpc) is 2.67. The number of para-hydroxylation sites is 1. The summed E-state index contributed by atoms with van der Waals surface area (Å²) in [5.74, 6) is 0.0957. The summed E-state index contributed by atoms with van der Waals surface area (Å²) in [7, 11) is 0. The molecule has 0 aliphatic rings. The molecule has 0 unspecified atom stereocenters. The molecule has 154 valence electrons. The van der Waals surface area contributed by atoms with E-state index in [0.717, 1.165) is 5.69 Å². The van der Waals surface area contributed by atoms with Crippen molar-refractivity contribution in [2.75, 3.05) is 5.32 Å². The molecule has 0 saturated carbocycles. The fourth-order valence-electron chi connectivity index (χ4n) is 2.72. The van der Waals surface area contributed by atoms with Gasteiger partial charge in [-0.1, -0.05) is 18.2 Å². The van der Waals surface area contributed by atoms with Gasteiger partial charge in [0.05, 0.1) is 4.92 Å². The van der Waals surface area contributed by atoms with Crippen LogP contribution in [-0.4, -0.2) is 21.5 Å². The molecule has 0 spiro atoms. The van der Waals surface area contributed by atoms with Crippen molar-refractivity contribution in [3.8, 4) is 17.0 Å². The van der Waals surface area contributed by atoms with Crippen molar-refractivity contribution in [1.29, 1.82) is 0 Å². The van der Waals surface area contributed by atoms with Gasteiger partial charge in [0, 0.05) is 41.3 Å². The summed E-state index contributed by atoms with van der Waals surface area (Å²) in [5, 5.41) is 17.3. The van der Waals surface area contributed by atoms with Gasteiger partial charge < -0.3 is 15.4 Å². The molecule has 0 fully saturated rings. The van der Waals surface area contributed by atoms with Crippen LogP contribution in [0, 0.1) is 10.1 Å². The van der Waals surface area contributed by atoms with E-state index < -0.39 is 16.6 Å². The van der Waals surface area contributed by atoms with Gasteiger partial charge >= 0.3 is 6.09 Å². The third-order valence-corrected chi connectivity index (χ3v) is 3.93. The molecule has 1 aromatic heterocycles. The van der Waals surface area contributed by atoms with Gasteiger partial charge in [-0.05, 0) is 56.2 Å². The number of non-ortho nitro benzene ring substituents is 1. The summed E-state index contributed by atoms with van der Waals surface area (Å²) in [5.41, 5.74) is 2.08. The molecule has 0 aliphatic carbocycles. The minimum Gasteiger partial charge on any atom is -0.391 e. The van der Waals surface area contributed by atoms with Crippen molar-refractivity contribution < 1.29 is 14.5 Å². The first-order valence-corrected chi connectivity index (χ1v) is 9.28. The Kier molecular flexibility index (Phi) is 5.96. The zero-order valence-corrected chi connectivity index (χ0v) is 16.9. The summed E-state index contributed by atoms with van der Waals surface area (Å²) in [6.07, 6.45) is 0.857. The minimum absolute atomic E-state index is 0.0595. The highest BCUT2D eigenvalue weighted by Crippen LogP contribution is 2.31. The predicted octanol–water partition coefficient (Wildman–Crippen LogP) is 5.29. The van der Waals surface area contributed by atoms with E-state index in [1.54, 1.807) is 18.2 Å². The first kappa shape index (κ1) is 20.8. The van der Waals surface area contributed by atoms with Crippen molar-refractivity contribution in [3.05, 3.63) is 77.0 Å². The molecule has 0 bridgehead atoms. The van der Waals surface area contributed by atoms with Crippen LogP contribution in [0.1, 0.15) is 20.8 Å². The van der Waals surface area contributed by atoms with Gasteiger partial charge in [-0.25, -0.2) is 9.78 Å². The standard InChI is InChI=1S/C22H22N4O4/c1-22(2,3)25-21(27)30-20-13-15(9-10-23-20)16-11-18(14-19(12-16)26(28)29)24-17-7-5-4-6-8-17/h4-14,24H,1-3H3,(H,25,27). The second-order valence-corrected chi connectivity index (χ2v) is 7.66. The van der Waals surface area contributed by atoms with Crippen LogP contribution >= 0.6 is 0 Å². The molecule has 0 aliphatic heterocycles. The number of nitro groups is 1. The number of nitrogens with zero attached hydrogens (tertiary/aromatic N) is 2. The van der Waals surface area contributed by atoms with E-state index in [-0.39, 0.29) is 11.6 Å². The molecule has 2 N–H and O–H groups in total. The van der Waals surface area contributed by atoms with Crippen LogP contribution in [0.15, 0.2) is 66.9 Å². The van der Waals surface area contributed by atoms with E-state index in [2.05, 4.69) is 15.6 Å². The molecule has 8 heteroatoms. The number of amides is 1. The molecule has 0 atom stereocenters. The average molecular weight is 406 g/mol. The second-order valence-electron chi connectivity index (χ2n) is 7.66. The zero-order chi connectivity index (χ0) is 21.7. The number of hydrogen-bond acceptors (Lipinski definition) is 6. The van der Waals surface area contributed by atoms with Gasteiger partial charge in [-0.2, -0.15) is 0 Å². The number of nitrogens with one attached hydrogen (secondary N) is 2. The minimum atomic E-state index is -0.627. The first-order chi connectivity index (χ1) is 14.2. The Hall–Kier alpha value is -3.94. The zero-order valence-electron chi connectivity index (χ0n) is 16.9. The van der Waals surface area contributed by atoms with Gasteiger partial charge in [0.15, 0.2) is 0 Å². The number of carbonyl (C=O) groups is 1. The van der Waals surface area contributed by atoms with Gasteiger partial charge in [-0.15, -0.1) is 0 Å². The van der Waals surface area contributed by atoms with Crippen LogP contribution < -0.4 is 15.4 Å². The normalized spacial score (nSPS) is 10.9. The SMILES string of the molecule is CC(C)(C)NC(=O)Oc1cc(-c2cc(Nc3ccccc3)cc([N+](=O)[O-])c2)ccn1. The van der Waals surface area contributed by atoms with Crippen LogP contribution in [0.2, 0.25) is 0 Å². The van der Waals surface area contributed by atoms with Crippen LogP contribution in [0.5, 0.6) is 5.88 Å². The number of aromatic nitrogens is 1. The lowest BCUT2D eigenvalue weighted by Gasteiger charge is -2.19. The molecule has 2 aromatic carbocycles. The van der Waals surface area contributed by atoms with Crippen LogP contribution in [-0.2, 0) is 0 Å². The largest absolute Gasteiger partial charge is 0.414 e. The monoisotopic (exact) mass is 406 g/mol. The van der Waals surface area contributed by atoms with Gasteiger partial charge in [0.1, 0.15) is 0 Å². The Balaban J connectivity index is 1.91. The number of hydrogen-bond donors (Lipinski definition) is 2. The Morgan fingerprint density at radius 3 is 2.40 bits per heavy atom. The Morgan fingerprint density at radius 1 is 1.00 bits per heavy atom. The Bertz CT molecular complexity index is 1060. The van der Waals surface area contributed by atoms with E-state index in [4.69, 9.17) is 4.74 Å². The number of rotatable bonds is 5. The summed E-state index contributed by atoms with van der Waals surface area (Å²) in [6, 6.07) is 17.3.